The van der Waals surface area contributed by atoms with Crippen molar-refractivity contribution in [1.82, 2.24) is 4.98 Å². The predicted octanol–water partition coefficient (Wildman–Crippen LogP) is 5.53. The molecule has 2 aliphatic heterocycles. The molecule has 5 aliphatic rings. The molecule has 0 aromatic carbocycles. The number of hydrogen-bond donors (Lipinski definition) is 3. The Balaban J connectivity index is 0.985. The van der Waals surface area contributed by atoms with Gasteiger partial charge in [-0.05, 0) is 80.2 Å². The first-order valence-corrected chi connectivity index (χ1v) is 14.6. The lowest BCUT2D eigenvalue weighted by molar-refractivity contribution is -0.222. The topological polar surface area (TPSA) is 83.8 Å². The van der Waals surface area contributed by atoms with Crippen molar-refractivity contribution in [3.63, 3.8) is 0 Å². The highest BCUT2D eigenvalue weighted by atomic mass is 19.4. The van der Waals surface area contributed by atoms with Gasteiger partial charge in [-0.25, -0.2) is 4.98 Å². The zero-order valence-corrected chi connectivity index (χ0v) is 21.9. The summed E-state index contributed by atoms with van der Waals surface area (Å²) in [4.78, 5) is 3.61. The highest BCUT2D eigenvalue weighted by Gasteiger charge is 2.60. The van der Waals surface area contributed by atoms with Gasteiger partial charge in [0.15, 0.2) is 6.29 Å². The smallest absolute Gasteiger partial charge is 0.388 e. The lowest BCUT2D eigenvalue weighted by Crippen LogP contribution is -2.63. The number of nitrogens with one attached hydrogen (secondary N) is 1. The molecule has 38 heavy (non-hydrogen) atoms. The molecule has 5 fully saturated rings. The summed E-state index contributed by atoms with van der Waals surface area (Å²) >= 11 is 0. The van der Waals surface area contributed by atoms with E-state index in [-0.39, 0.29) is 12.4 Å². The Bertz CT molecular complexity index is 967. The molecular weight excluding hydrogens is 497 g/mol. The van der Waals surface area contributed by atoms with Gasteiger partial charge in [-0.2, -0.15) is 13.2 Å². The molecule has 1 aromatic heterocycles. The Hall–Kier alpha value is -1.42. The van der Waals surface area contributed by atoms with Crippen LogP contribution in [0.3, 0.4) is 0 Å². The largest absolute Gasteiger partial charge is 0.433 e. The van der Waals surface area contributed by atoms with Gasteiger partial charge in [0.05, 0.1) is 6.61 Å². The average Bonchev–Trinajstić information content (AvgIpc) is 3.61. The third-order valence-corrected chi connectivity index (χ3v) is 10.1. The molecule has 2 bridgehead atoms. The SMILES string of the molecule is O[C@@H]1[C@@H](Nc2cccc(C(F)(F)F)n2)[C@H]2OC[C@](CC3CC(CC4CCC(CC5CCCC5)C4)C3)(O2)[C@@H]1O. The van der Waals surface area contributed by atoms with Crippen molar-refractivity contribution in [2.45, 2.75) is 113 Å². The van der Waals surface area contributed by atoms with Crippen LogP contribution in [0, 0.1) is 29.6 Å². The summed E-state index contributed by atoms with van der Waals surface area (Å²) in [6.45, 7) is 0.163. The van der Waals surface area contributed by atoms with Crippen molar-refractivity contribution in [3.8, 4) is 0 Å². The van der Waals surface area contributed by atoms with Crippen molar-refractivity contribution in [2.24, 2.45) is 29.6 Å². The van der Waals surface area contributed by atoms with Crippen LogP contribution in [0.2, 0.25) is 0 Å². The van der Waals surface area contributed by atoms with Gasteiger partial charge in [0.1, 0.15) is 35.4 Å². The molecule has 0 amide bonds. The predicted molar refractivity (Wildman–Crippen MR) is 135 cm³/mol. The van der Waals surface area contributed by atoms with Gasteiger partial charge in [0.25, 0.3) is 0 Å². The molecular formula is C29H41F3N2O4. The lowest BCUT2D eigenvalue weighted by atomic mass is 9.66. The number of ether oxygens (including phenoxy) is 2. The molecule has 1 aromatic rings. The third-order valence-electron chi connectivity index (χ3n) is 10.1. The van der Waals surface area contributed by atoms with Gasteiger partial charge in [0, 0.05) is 0 Å². The maximum atomic E-state index is 13.0. The fourth-order valence-corrected chi connectivity index (χ4v) is 8.27. The Morgan fingerprint density at radius 1 is 0.921 bits per heavy atom. The van der Waals surface area contributed by atoms with Crippen LogP contribution in [0.25, 0.3) is 0 Å². The van der Waals surface area contributed by atoms with E-state index in [9.17, 15) is 23.4 Å². The van der Waals surface area contributed by atoms with E-state index in [1.54, 1.807) is 0 Å². The van der Waals surface area contributed by atoms with Crippen molar-refractivity contribution in [1.29, 1.82) is 0 Å². The molecule has 2 unspecified atom stereocenters. The minimum absolute atomic E-state index is 0.0538. The molecule has 212 valence electrons. The summed E-state index contributed by atoms with van der Waals surface area (Å²) in [6.07, 6.45) is 7.67. The minimum Gasteiger partial charge on any atom is -0.388 e. The lowest BCUT2D eigenvalue weighted by Gasteiger charge is -2.47. The fraction of sp³-hybridized carbons (Fsp3) is 0.828. The highest BCUT2D eigenvalue weighted by molar-refractivity contribution is 5.38. The number of nitrogens with zero attached hydrogens (tertiary/aromatic N) is 1. The van der Waals surface area contributed by atoms with Crippen LogP contribution in [0.15, 0.2) is 18.2 Å². The summed E-state index contributed by atoms with van der Waals surface area (Å²) in [5, 5.41) is 24.8. The van der Waals surface area contributed by atoms with Gasteiger partial charge in [-0.1, -0.05) is 44.6 Å². The Kier molecular flexibility index (Phi) is 7.42. The molecule has 2 saturated heterocycles. The third kappa shape index (κ3) is 5.45. The van der Waals surface area contributed by atoms with Gasteiger partial charge in [0.2, 0.25) is 0 Å². The second-order valence-electron chi connectivity index (χ2n) is 12.9. The van der Waals surface area contributed by atoms with E-state index in [2.05, 4.69) is 10.3 Å². The van der Waals surface area contributed by atoms with E-state index < -0.39 is 42.0 Å². The minimum atomic E-state index is -4.58. The Morgan fingerprint density at radius 2 is 1.61 bits per heavy atom. The van der Waals surface area contributed by atoms with Crippen LogP contribution in [0.5, 0.6) is 0 Å². The van der Waals surface area contributed by atoms with Gasteiger partial charge < -0.3 is 25.0 Å². The van der Waals surface area contributed by atoms with Gasteiger partial charge >= 0.3 is 6.18 Å². The zero-order chi connectivity index (χ0) is 26.5. The number of rotatable bonds is 8. The second-order valence-corrected chi connectivity index (χ2v) is 12.9. The first kappa shape index (κ1) is 26.8. The first-order chi connectivity index (χ1) is 18.2. The number of hydrogen-bond acceptors (Lipinski definition) is 6. The van der Waals surface area contributed by atoms with Crippen LogP contribution < -0.4 is 5.32 Å². The number of halogens is 3. The van der Waals surface area contributed by atoms with Gasteiger partial charge in [-0.15, -0.1) is 0 Å². The summed E-state index contributed by atoms with van der Waals surface area (Å²) in [5.41, 5.74) is -2.00. The monoisotopic (exact) mass is 538 g/mol. The molecule has 6 nitrogen and oxygen atoms in total. The van der Waals surface area contributed by atoms with Crippen LogP contribution in [-0.4, -0.2) is 51.9 Å². The Labute approximate surface area is 222 Å². The number of aromatic nitrogens is 1. The number of alkyl halides is 3. The number of aliphatic hydroxyl groups excluding tert-OH is 2. The van der Waals surface area contributed by atoms with Crippen LogP contribution in [0.1, 0.15) is 82.7 Å². The molecule has 3 aliphatic carbocycles. The van der Waals surface area contributed by atoms with Crippen LogP contribution in [-0.2, 0) is 15.7 Å². The standard InChI is InChI=1S/C29H41F3N2O4/c30-29(31,32)22-6-3-7-23(33-22)34-24-25(35)26(36)28(16-37-27(24)38-28)15-21-13-20(14-21)12-19-9-8-18(11-19)10-17-4-1-2-5-17/h3,6-7,17-21,24-27,35-36H,1-2,4-5,8-16H2,(H,33,34)/t18?,19?,20?,21?,24-,25-,26-,27+,28+/m1/s1. The van der Waals surface area contributed by atoms with Crippen molar-refractivity contribution in [2.75, 3.05) is 11.9 Å². The van der Waals surface area contributed by atoms with E-state index in [1.807, 2.05) is 0 Å². The fourth-order valence-electron chi connectivity index (χ4n) is 8.27. The maximum absolute atomic E-state index is 13.0. The molecule has 0 radical (unpaired) electrons. The second kappa shape index (κ2) is 10.5. The number of aliphatic hydroxyl groups is 2. The molecule has 0 spiro atoms. The summed E-state index contributed by atoms with van der Waals surface area (Å²) < 4.78 is 51.1. The Morgan fingerprint density at radius 3 is 2.32 bits per heavy atom. The van der Waals surface area contributed by atoms with E-state index in [4.69, 9.17) is 9.47 Å². The normalized spacial score (nSPS) is 41.4. The molecule has 7 atom stereocenters. The maximum Gasteiger partial charge on any atom is 0.433 e. The van der Waals surface area contributed by atoms with E-state index in [0.29, 0.717) is 12.3 Å². The highest BCUT2D eigenvalue weighted by Crippen LogP contribution is 2.50. The van der Waals surface area contributed by atoms with E-state index in [0.717, 1.165) is 42.6 Å². The summed E-state index contributed by atoms with van der Waals surface area (Å²) in [7, 11) is 0. The summed E-state index contributed by atoms with van der Waals surface area (Å²) in [6, 6.07) is 2.60. The molecule has 3 N–H and O–H groups in total. The average molecular weight is 539 g/mol. The zero-order valence-electron chi connectivity index (χ0n) is 21.9. The quantitative estimate of drug-likeness (QED) is 0.404. The van der Waals surface area contributed by atoms with Gasteiger partial charge in [-0.3, -0.25) is 0 Å². The molecule has 3 heterocycles. The summed E-state index contributed by atoms with van der Waals surface area (Å²) in [5.74, 6) is 3.88. The van der Waals surface area contributed by atoms with Crippen molar-refractivity contribution in [3.05, 3.63) is 23.9 Å². The molecule has 3 saturated carbocycles. The van der Waals surface area contributed by atoms with Crippen LogP contribution >= 0.6 is 0 Å². The number of pyridine rings is 1. The number of fused-ring (bicyclic) bond motifs is 2. The molecule has 9 heteroatoms. The van der Waals surface area contributed by atoms with E-state index >= 15 is 0 Å². The number of anilines is 1. The molecule has 6 rings (SSSR count). The first-order valence-electron chi connectivity index (χ1n) is 14.6. The van der Waals surface area contributed by atoms with E-state index in [1.165, 1.54) is 69.9 Å². The van der Waals surface area contributed by atoms with Crippen LogP contribution in [0.4, 0.5) is 19.0 Å². The van der Waals surface area contributed by atoms with Crippen molar-refractivity contribution < 1.29 is 32.9 Å². The van der Waals surface area contributed by atoms with Crippen molar-refractivity contribution >= 4 is 5.82 Å².